The fourth-order valence-electron chi connectivity index (χ4n) is 4.18. The smallest absolute Gasteiger partial charge is 0.307 e. The number of aliphatic carboxylic acids is 1. The summed E-state index contributed by atoms with van der Waals surface area (Å²) in [6, 6.07) is 24.6. The third kappa shape index (κ3) is 5.01. The Bertz CT molecular complexity index is 1090. The first-order valence-corrected chi connectivity index (χ1v) is 10.9. The molecular formula is C27H28N2O3. The first kappa shape index (κ1) is 21.7. The lowest BCUT2D eigenvalue weighted by atomic mass is 10.0. The highest BCUT2D eigenvalue weighted by atomic mass is 16.6. The van der Waals surface area contributed by atoms with E-state index < -0.39 is 5.97 Å². The highest BCUT2D eigenvalue weighted by Crippen LogP contribution is 2.30. The van der Waals surface area contributed by atoms with Gasteiger partial charge in [-0.05, 0) is 47.2 Å². The van der Waals surface area contributed by atoms with Gasteiger partial charge in [-0.1, -0.05) is 72.8 Å². The minimum atomic E-state index is -0.792. The van der Waals surface area contributed by atoms with Crippen LogP contribution in [0.3, 0.4) is 0 Å². The van der Waals surface area contributed by atoms with Gasteiger partial charge in [0.05, 0.1) is 18.7 Å². The van der Waals surface area contributed by atoms with Crippen molar-refractivity contribution in [2.24, 2.45) is 0 Å². The molecule has 3 aromatic rings. The Balaban J connectivity index is 1.31. The number of carboxylic acid groups (broad SMARTS) is 1. The summed E-state index contributed by atoms with van der Waals surface area (Å²) >= 11 is 0. The Morgan fingerprint density at radius 1 is 1.03 bits per heavy atom. The Labute approximate surface area is 188 Å². The quantitative estimate of drug-likeness (QED) is 0.374. The maximum absolute atomic E-state index is 11.1. The first-order valence-electron chi connectivity index (χ1n) is 10.9. The molecule has 32 heavy (non-hydrogen) atoms. The van der Waals surface area contributed by atoms with Crippen LogP contribution >= 0.6 is 0 Å². The lowest BCUT2D eigenvalue weighted by Gasteiger charge is -2.20. The summed E-state index contributed by atoms with van der Waals surface area (Å²) in [6.07, 6.45) is 2.95. The average molecular weight is 429 g/mol. The zero-order chi connectivity index (χ0) is 22.3. The topological polar surface area (TPSA) is 61.8 Å². The van der Waals surface area contributed by atoms with Crippen molar-refractivity contribution in [1.29, 1.82) is 0 Å². The van der Waals surface area contributed by atoms with Crippen LogP contribution in [0.5, 0.6) is 0 Å². The maximum atomic E-state index is 11.1. The van der Waals surface area contributed by atoms with E-state index in [9.17, 15) is 4.79 Å². The van der Waals surface area contributed by atoms with Crippen LogP contribution in [-0.4, -0.2) is 30.8 Å². The molecule has 164 valence electrons. The second-order valence-electron chi connectivity index (χ2n) is 7.82. The number of nitrogens with zero attached hydrogens (tertiary/aromatic N) is 1. The van der Waals surface area contributed by atoms with Crippen molar-refractivity contribution in [3.8, 4) is 11.1 Å². The Kier molecular flexibility index (Phi) is 6.87. The van der Waals surface area contributed by atoms with E-state index in [-0.39, 0.29) is 6.42 Å². The molecule has 1 heterocycles. The van der Waals surface area contributed by atoms with Crippen molar-refractivity contribution >= 4 is 17.4 Å². The predicted octanol–water partition coefficient (Wildman–Crippen LogP) is 4.93. The van der Waals surface area contributed by atoms with Gasteiger partial charge in [-0.3, -0.25) is 15.1 Å². The standard InChI is InChI=1S/C27H28N2O3/c1-2-25(22-13-11-21(12-14-22)20-7-4-3-5-8-20)28-32-18-17-29-16-15-24-23(19-27(30)31)9-6-10-26(24)29/h2-14,28H,15-19H2,1H3,(H,30,31). The first-order chi connectivity index (χ1) is 15.7. The molecule has 0 atom stereocenters. The number of anilines is 1. The van der Waals surface area contributed by atoms with E-state index in [0.717, 1.165) is 47.6 Å². The summed E-state index contributed by atoms with van der Waals surface area (Å²) < 4.78 is 0. The van der Waals surface area contributed by atoms with Crippen LogP contribution in [0.2, 0.25) is 0 Å². The second kappa shape index (κ2) is 10.2. The van der Waals surface area contributed by atoms with Crippen molar-refractivity contribution in [3.63, 3.8) is 0 Å². The highest BCUT2D eigenvalue weighted by Gasteiger charge is 2.22. The van der Waals surface area contributed by atoms with E-state index in [1.165, 1.54) is 11.1 Å². The van der Waals surface area contributed by atoms with Gasteiger partial charge in [-0.2, -0.15) is 0 Å². The lowest BCUT2D eigenvalue weighted by molar-refractivity contribution is -0.136. The van der Waals surface area contributed by atoms with E-state index in [4.69, 9.17) is 9.94 Å². The van der Waals surface area contributed by atoms with E-state index >= 15 is 0 Å². The Morgan fingerprint density at radius 3 is 2.50 bits per heavy atom. The van der Waals surface area contributed by atoms with Crippen molar-refractivity contribution < 1.29 is 14.7 Å². The maximum Gasteiger partial charge on any atom is 0.307 e. The fraction of sp³-hybridized carbons (Fsp3) is 0.222. The molecule has 0 amide bonds. The third-order valence-electron chi connectivity index (χ3n) is 5.80. The monoisotopic (exact) mass is 428 g/mol. The van der Waals surface area contributed by atoms with Crippen molar-refractivity contribution in [2.75, 3.05) is 24.6 Å². The molecular weight excluding hydrogens is 400 g/mol. The van der Waals surface area contributed by atoms with Gasteiger partial charge in [0.15, 0.2) is 0 Å². The molecule has 0 unspecified atom stereocenters. The van der Waals surface area contributed by atoms with Crippen LogP contribution in [0.4, 0.5) is 5.69 Å². The van der Waals surface area contributed by atoms with E-state index in [1.807, 2.05) is 43.3 Å². The molecule has 0 bridgehead atoms. The lowest BCUT2D eigenvalue weighted by Crippen LogP contribution is -2.27. The fourth-order valence-corrected chi connectivity index (χ4v) is 4.18. The number of carbonyl (C=O) groups is 1. The largest absolute Gasteiger partial charge is 0.481 e. The van der Waals surface area contributed by atoms with E-state index in [1.54, 1.807) is 0 Å². The zero-order valence-corrected chi connectivity index (χ0v) is 18.3. The van der Waals surface area contributed by atoms with Gasteiger partial charge in [0.2, 0.25) is 0 Å². The van der Waals surface area contributed by atoms with E-state index in [2.05, 4.69) is 52.8 Å². The summed E-state index contributed by atoms with van der Waals surface area (Å²) in [5, 5.41) is 9.13. The zero-order valence-electron chi connectivity index (χ0n) is 18.3. The number of fused-ring (bicyclic) bond motifs is 1. The molecule has 0 saturated heterocycles. The number of carboxylic acids is 1. The van der Waals surface area contributed by atoms with Crippen LogP contribution in [0.1, 0.15) is 23.6 Å². The van der Waals surface area contributed by atoms with E-state index in [0.29, 0.717) is 6.61 Å². The van der Waals surface area contributed by atoms with Crippen molar-refractivity contribution in [2.45, 2.75) is 19.8 Å². The number of nitrogens with one attached hydrogen (secondary N) is 1. The van der Waals surface area contributed by atoms with Crippen LogP contribution in [0, 0.1) is 0 Å². The molecule has 0 aliphatic carbocycles. The molecule has 1 aliphatic heterocycles. The molecule has 0 saturated carbocycles. The molecule has 5 heteroatoms. The molecule has 4 rings (SSSR count). The third-order valence-corrected chi connectivity index (χ3v) is 5.80. The predicted molar refractivity (Wildman–Crippen MR) is 128 cm³/mol. The number of rotatable bonds is 9. The molecule has 0 radical (unpaired) electrons. The molecule has 2 N–H and O–H groups in total. The number of benzene rings is 3. The number of hydrogen-bond acceptors (Lipinski definition) is 4. The number of hydroxylamine groups is 1. The van der Waals surface area contributed by atoms with Crippen molar-refractivity contribution in [1.82, 2.24) is 5.48 Å². The number of hydrogen-bond donors (Lipinski definition) is 2. The van der Waals surface area contributed by atoms with Crippen LogP contribution in [-0.2, 0) is 22.5 Å². The molecule has 1 aliphatic rings. The minimum absolute atomic E-state index is 0.0722. The number of allylic oxidation sites excluding steroid dienone is 1. The van der Waals surface area contributed by atoms with Gasteiger partial charge in [0.25, 0.3) is 0 Å². The van der Waals surface area contributed by atoms with Gasteiger partial charge in [0.1, 0.15) is 0 Å². The summed E-state index contributed by atoms with van der Waals surface area (Å²) in [7, 11) is 0. The summed E-state index contributed by atoms with van der Waals surface area (Å²) in [4.78, 5) is 19.1. The molecule has 0 aromatic heterocycles. The Hall–Kier alpha value is -3.57. The Morgan fingerprint density at radius 2 is 1.78 bits per heavy atom. The summed E-state index contributed by atoms with van der Waals surface area (Å²) in [5.74, 6) is -0.792. The molecule has 0 spiro atoms. The van der Waals surface area contributed by atoms with Gasteiger partial charge >= 0.3 is 5.97 Å². The highest BCUT2D eigenvalue weighted by molar-refractivity contribution is 5.73. The van der Waals surface area contributed by atoms with Crippen LogP contribution in [0.25, 0.3) is 16.8 Å². The normalized spacial score (nSPS) is 13.2. The SMILES string of the molecule is CC=C(NOCCN1CCc2c(CC(=O)O)cccc21)c1ccc(-c2ccccc2)cc1. The molecule has 3 aromatic carbocycles. The van der Waals surface area contributed by atoms with Crippen molar-refractivity contribution in [3.05, 3.63) is 95.6 Å². The van der Waals surface area contributed by atoms with Gasteiger partial charge in [-0.25, -0.2) is 0 Å². The second-order valence-corrected chi connectivity index (χ2v) is 7.82. The molecule has 5 nitrogen and oxygen atoms in total. The minimum Gasteiger partial charge on any atom is -0.481 e. The van der Waals surface area contributed by atoms with Gasteiger partial charge in [0, 0.05) is 18.8 Å². The van der Waals surface area contributed by atoms with Gasteiger partial charge < -0.3 is 10.0 Å². The summed E-state index contributed by atoms with van der Waals surface area (Å²) in [6.45, 7) is 4.12. The molecule has 0 fully saturated rings. The van der Waals surface area contributed by atoms with Gasteiger partial charge in [-0.15, -0.1) is 0 Å². The summed E-state index contributed by atoms with van der Waals surface area (Å²) in [5.41, 5.74) is 10.6. The van der Waals surface area contributed by atoms with Crippen LogP contribution < -0.4 is 10.4 Å². The van der Waals surface area contributed by atoms with Crippen LogP contribution in [0.15, 0.2) is 78.9 Å². The average Bonchev–Trinajstić information content (AvgIpc) is 3.24.